The number of benzene rings is 1. The van der Waals surface area contributed by atoms with Gasteiger partial charge in [0, 0.05) is 19.3 Å². The molecule has 0 aliphatic carbocycles. The van der Waals surface area contributed by atoms with Gasteiger partial charge in [-0.05, 0) is 36.8 Å². The number of rotatable bonds is 5. The largest absolute Gasteiger partial charge is 0.395 e. The number of aliphatic hydroxyl groups excluding tert-OH is 1. The molecular weight excluding hydrogens is 310 g/mol. The van der Waals surface area contributed by atoms with Crippen LogP contribution < -0.4 is 4.90 Å². The van der Waals surface area contributed by atoms with E-state index in [1.54, 1.807) is 6.92 Å². The highest BCUT2D eigenvalue weighted by Gasteiger charge is 2.14. The number of thiophene rings is 1. The van der Waals surface area contributed by atoms with Gasteiger partial charge < -0.3 is 10.0 Å². The quantitative estimate of drug-likeness (QED) is 0.849. The molecule has 6 nitrogen and oxygen atoms in total. The molecule has 0 amide bonds. The van der Waals surface area contributed by atoms with Crippen molar-refractivity contribution in [2.75, 3.05) is 25.1 Å². The number of aliphatic hydroxyl groups is 1. The van der Waals surface area contributed by atoms with Crippen LogP contribution in [-0.2, 0) is 0 Å². The molecule has 0 aliphatic rings. The van der Waals surface area contributed by atoms with Gasteiger partial charge in [-0.1, -0.05) is 0 Å². The average Bonchev–Trinajstić information content (AvgIpc) is 2.88. The third kappa shape index (κ3) is 3.72. The number of hydrogen-bond acceptors (Lipinski definition) is 7. The van der Waals surface area contributed by atoms with Crippen LogP contribution >= 0.6 is 11.3 Å². The average molecular weight is 325 g/mol. The summed E-state index contributed by atoms with van der Waals surface area (Å²) in [5, 5.41) is 35.8. The molecule has 23 heavy (non-hydrogen) atoms. The van der Waals surface area contributed by atoms with Crippen molar-refractivity contribution < 1.29 is 5.11 Å². The van der Waals surface area contributed by atoms with Gasteiger partial charge in [0.1, 0.15) is 17.0 Å². The Bertz CT molecular complexity index is 796. The Kier molecular flexibility index (Phi) is 5.42. The molecule has 0 radical (unpaired) electrons. The first kappa shape index (κ1) is 16.6. The molecular formula is C16H15N5OS. The first-order chi connectivity index (χ1) is 11.1. The molecule has 0 fully saturated rings. The molecule has 116 valence electrons. The second kappa shape index (κ2) is 7.50. The molecule has 7 heteroatoms. The third-order valence-electron chi connectivity index (χ3n) is 3.32. The standard InChI is InChI=1S/C16H15N5OS/c1-11-14(9-17)16(23-15(11)10-18)20-19-12-3-5-13(6-4-12)21(2)7-8-22/h3-6,22H,7-8H2,1-2H3/b20-19+. The topological polar surface area (TPSA) is 95.8 Å². The van der Waals surface area contributed by atoms with Gasteiger partial charge in [-0.3, -0.25) is 0 Å². The summed E-state index contributed by atoms with van der Waals surface area (Å²) in [7, 11) is 1.89. The maximum absolute atomic E-state index is 9.17. The van der Waals surface area contributed by atoms with E-state index in [0.29, 0.717) is 33.2 Å². The van der Waals surface area contributed by atoms with Gasteiger partial charge in [-0.15, -0.1) is 21.6 Å². The summed E-state index contributed by atoms with van der Waals surface area (Å²) in [6.45, 7) is 2.38. The lowest BCUT2D eigenvalue weighted by Crippen LogP contribution is -2.20. The van der Waals surface area contributed by atoms with Crippen LogP contribution in [0.4, 0.5) is 16.4 Å². The first-order valence-electron chi connectivity index (χ1n) is 6.88. The fourth-order valence-corrected chi connectivity index (χ4v) is 2.84. The van der Waals surface area contributed by atoms with Crippen molar-refractivity contribution in [1.29, 1.82) is 10.5 Å². The van der Waals surface area contributed by atoms with Crippen molar-refractivity contribution in [3.8, 4) is 12.1 Å². The SMILES string of the molecule is Cc1c(C#N)sc(/N=N/c2ccc(N(C)CCO)cc2)c1C#N. The fourth-order valence-electron chi connectivity index (χ4n) is 1.96. The van der Waals surface area contributed by atoms with Crippen molar-refractivity contribution in [2.24, 2.45) is 10.2 Å². The summed E-state index contributed by atoms with van der Waals surface area (Å²) >= 11 is 1.16. The van der Waals surface area contributed by atoms with E-state index in [4.69, 9.17) is 10.4 Å². The van der Waals surface area contributed by atoms with E-state index in [2.05, 4.69) is 22.4 Å². The summed E-state index contributed by atoms with van der Waals surface area (Å²) in [5.74, 6) is 0. The predicted molar refractivity (Wildman–Crippen MR) is 89.5 cm³/mol. The highest BCUT2D eigenvalue weighted by Crippen LogP contribution is 2.35. The van der Waals surface area contributed by atoms with Crippen LogP contribution in [0.3, 0.4) is 0 Å². The van der Waals surface area contributed by atoms with Crippen LogP contribution in [0.25, 0.3) is 0 Å². The van der Waals surface area contributed by atoms with Gasteiger partial charge in [0.15, 0.2) is 5.00 Å². The van der Waals surface area contributed by atoms with E-state index in [1.165, 1.54) is 0 Å². The van der Waals surface area contributed by atoms with Gasteiger partial charge >= 0.3 is 0 Å². The number of nitriles is 2. The molecule has 0 aliphatic heterocycles. The van der Waals surface area contributed by atoms with E-state index < -0.39 is 0 Å². The van der Waals surface area contributed by atoms with Crippen molar-refractivity contribution in [2.45, 2.75) is 6.92 Å². The molecule has 1 aromatic carbocycles. The van der Waals surface area contributed by atoms with Crippen LogP contribution in [0.1, 0.15) is 16.0 Å². The summed E-state index contributed by atoms with van der Waals surface area (Å²) in [4.78, 5) is 2.41. The highest BCUT2D eigenvalue weighted by atomic mass is 32.1. The van der Waals surface area contributed by atoms with Crippen LogP contribution in [0.2, 0.25) is 0 Å². The van der Waals surface area contributed by atoms with E-state index >= 15 is 0 Å². The predicted octanol–water partition coefficient (Wildman–Crippen LogP) is 3.64. The van der Waals surface area contributed by atoms with E-state index in [9.17, 15) is 5.26 Å². The van der Waals surface area contributed by atoms with Gasteiger partial charge in [0.2, 0.25) is 0 Å². The maximum atomic E-state index is 9.17. The van der Waals surface area contributed by atoms with Gasteiger partial charge in [0.05, 0.1) is 17.9 Å². The molecule has 1 heterocycles. The summed E-state index contributed by atoms with van der Waals surface area (Å²) in [5.41, 5.74) is 2.67. The molecule has 1 N–H and O–H groups in total. The summed E-state index contributed by atoms with van der Waals surface area (Å²) < 4.78 is 0. The van der Waals surface area contributed by atoms with Gasteiger partial charge in [-0.25, -0.2) is 0 Å². The van der Waals surface area contributed by atoms with Crippen molar-refractivity contribution in [3.05, 3.63) is 40.3 Å². The molecule has 0 saturated carbocycles. The lowest BCUT2D eigenvalue weighted by molar-refractivity contribution is 0.304. The first-order valence-corrected chi connectivity index (χ1v) is 7.69. The third-order valence-corrected chi connectivity index (χ3v) is 4.40. The Morgan fingerprint density at radius 1 is 1.17 bits per heavy atom. The minimum Gasteiger partial charge on any atom is -0.395 e. The van der Waals surface area contributed by atoms with Crippen LogP contribution in [0, 0.1) is 29.6 Å². The van der Waals surface area contributed by atoms with E-state index in [-0.39, 0.29) is 6.61 Å². The van der Waals surface area contributed by atoms with Crippen molar-refractivity contribution in [1.82, 2.24) is 0 Å². The molecule has 0 saturated heterocycles. The molecule has 0 unspecified atom stereocenters. The maximum Gasteiger partial charge on any atom is 0.158 e. The Labute approximate surface area is 138 Å². The summed E-state index contributed by atoms with van der Waals surface area (Å²) in [6.07, 6.45) is 0. The highest BCUT2D eigenvalue weighted by molar-refractivity contribution is 7.16. The smallest absolute Gasteiger partial charge is 0.158 e. The number of likely N-dealkylation sites (N-methyl/N-ethyl adjacent to an activating group) is 1. The van der Waals surface area contributed by atoms with E-state index in [1.807, 2.05) is 36.2 Å². The zero-order chi connectivity index (χ0) is 16.8. The Morgan fingerprint density at radius 3 is 2.43 bits per heavy atom. The molecule has 2 rings (SSSR count). The van der Waals surface area contributed by atoms with Crippen LogP contribution in [-0.4, -0.2) is 25.3 Å². The van der Waals surface area contributed by atoms with Gasteiger partial charge in [-0.2, -0.15) is 10.5 Å². The van der Waals surface area contributed by atoms with E-state index in [0.717, 1.165) is 17.0 Å². The van der Waals surface area contributed by atoms with Crippen LogP contribution in [0.5, 0.6) is 0 Å². The van der Waals surface area contributed by atoms with Gasteiger partial charge in [0.25, 0.3) is 0 Å². The monoisotopic (exact) mass is 325 g/mol. The second-order valence-corrected chi connectivity index (χ2v) is 5.82. The molecule has 0 spiro atoms. The molecule has 0 atom stereocenters. The number of hydrogen-bond donors (Lipinski definition) is 1. The van der Waals surface area contributed by atoms with Crippen LogP contribution in [0.15, 0.2) is 34.5 Å². The Morgan fingerprint density at radius 2 is 1.87 bits per heavy atom. The second-order valence-electron chi connectivity index (χ2n) is 4.82. The minimum absolute atomic E-state index is 0.0911. The Hall–Kier alpha value is -2.74. The van der Waals surface area contributed by atoms with Crippen molar-refractivity contribution >= 4 is 27.7 Å². The summed E-state index contributed by atoms with van der Waals surface area (Å²) in [6, 6.07) is 11.5. The molecule has 2 aromatic rings. The minimum atomic E-state index is 0.0911. The molecule has 0 bridgehead atoms. The zero-order valence-electron chi connectivity index (χ0n) is 12.8. The number of anilines is 1. The number of azo groups is 1. The normalized spacial score (nSPS) is 10.5. The lowest BCUT2D eigenvalue weighted by atomic mass is 10.2. The van der Waals surface area contributed by atoms with Crippen molar-refractivity contribution in [3.63, 3.8) is 0 Å². The fraction of sp³-hybridized carbons (Fsp3) is 0.250. The zero-order valence-corrected chi connectivity index (χ0v) is 13.6. The molecule has 1 aromatic heterocycles. The Balaban J connectivity index is 2.21. The number of nitrogens with zero attached hydrogens (tertiary/aromatic N) is 5. The lowest BCUT2D eigenvalue weighted by Gasteiger charge is -2.17.